The molecule has 0 unspecified atom stereocenters. The Kier molecular flexibility index (Phi) is 4.26. The van der Waals surface area contributed by atoms with Gasteiger partial charge in [0.2, 0.25) is 11.9 Å². The Labute approximate surface area is 124 Å². The average molecular weight is 287 g/mol. The third-order valence-electron chi connectivity index (χ3n) is 3.37. The highest BCUT2D eigenvalue weighted by Gasteiger charge is 2.26. The lowest BCUT2D eigenvalue weighted by Crippen LogP contribution is -2.39. The molecule has 0 fully saturated rings. The molecule has 0 bridgehead atoms. The molecule has 1 heterocycles. The van der Waals surface area contributed by atoms with E-state index in [4.69, 9.17) is 0 Å². The first-order chi connectivity index (χ1) is 9.97. The topological polar surface area (TPSA) is 78.9 Å². The smallest absolute Gasteiger partial charge is 0.227 e. The van der Waals surface area contributed by atoms with Crippen molar-refractivity contribution in [2.24, 2.45) is 5.41 Å². The van der Waals surface area contributed by atoms with E-state index < -0.39 is 5.41 Å². The van der Waals surface area contributed by atoms with Crippen LogP contribution in [0.3, 0.4) is 0 Å². The van der Waals surface area contributed by atoms with E-state index in [9.17, 15) is 4.79 Å². The first kappa shape index (κ1) is 15.0. The summed E-state index contributed by atoms with van der Waals surface area (Å²) in [6.07, 6.45) is 0. The summed E-state index contributed by atoms with van der Waals surface area (Å²) in [5, 5.41) is 9.83. The molecule has 21 heavy (non-hydrogen) atoms. The van der Waals surface area contributed by atoms with Gasteiger partial charge in [-0.2, -0.15) is 4.98 Å². The van der Waals surface area contributed by atoms with Gasteiger partial charge in [-0.25, -0.2) is 4.98 Å². The van der Waals surface area contributed by atoms with Crippen molar-refractivity contribution in [1.29, 1.82) is 0 Å². The molecule has 2 aromatic rings. The number of fused-ring (bicyclic) bond motifs is 1. The minimum absolute atomic E-state index is 0.0119. The highest BCUT2D eigenvalue weighted by atomic mass is 16.2. The molecule has 1 amide bonds. The van der Waals surface area contributed by atoms with E-state index in [0.29, 0.717) is 12.5 Å². The Hall–Kier alpha value is -2.37. The van der Waals surface area contributed by atoms with Crippen molar-refractivity contribution in [3.05, 3.63) is 24.3 Å². The van der Waals surface area contributed by atoms with E-state index in [-0.39, 0.29) is 5.91 Å². The second-order valence-corrected chi connectivity index (χ2v) is 5.48. The number of carbonyl (C=O) groups is 1. The van der Waals surface area contributed by atoms with Crippen LogP contribution < -0.4 is 16.0 Å². The Morgan fingerprint density at radius 1 is 1.19 bits per heavy atom. The molecule has 2 rings (SSSR count). The molecule has 112 valence electrons. The fraction of sp³-hybridized carbons (Fsp3) is 0.400. The number of hydrogen-bond donors (Lipinski definition) is 3. The van der Waals surface area contributed by atoms with Gasteiger partial charge in [0, 0.05) is 26.0 Å². The second-order valence-electron chi connectivity index (χ2n) is 5.48. The van der Waals surface area contributed by atoms with Crippen LogP contribution in [-0.4, -0.2) is 36.5 Å². The molecule has 6 nitrogen and oxygen atoms in total. The summed E-state index contributed by atoms with van der Waals surface area (Å²) in [6.45, 7) is 4.26. The lowest BCUT2D eigenvalue weighted by atomic mass is 9.92. The third-order valence-corrected chi connectivity index (χ3v) is 3.37. The van der Waals surface area contributed by atoms with Gasteiger partial charge in [-0.1, -0.05) is 12.1 Å². The van der Waals surface area contributed by atoms with Crippen LogP contribution in [-0.2, 0) is 4.79 Å². The number of para-hydroxylation sites is 1. The predicted molar refractivity (Wildman–Crippen MR) is 85.4 cm³/mol. The van der Waals surface area contributed by atoms with Crippen LogP contribution in [0.2, 0.25) is 0 Å². The van der Waals surface area contributed by atoms with Gasteiger partial charge < -0.3 is 16.0 Å². The van der Waals surface area contributed by atoms with Gasteiger partial charge in [0.25, 0.3) is 0 Å². The fourth-order valence-corrected chi connectivity index (χ4v) is 2.05. The van der Waals surface area contributed by atoms with E-state index in [1.807, 2.05) is 38.1 Å². The molecule has 0 saturated carbocycles. The molecule has 0 aliphatic rings. The summed E-state index contributed by atoms with van der Waals surface area (Å²) >= 11 is 0. The highest BCUT2D eigenvalue weighted by molar-refractivity contribution is 5.90. The standard InChI is InChI=1S/C15H21N5O/c1-15(2,13(21)16-3)9-18-12-10-7-5-6-8-11(10)19-14(17-4)20-12/h5-8H,9H2,1-4H3,(H,16,21)(H2,17,18,19,20). The molecule has 0 atom stereocenters. The van der Waals surface area contributed by atoms with Crippen LogP contribution in [0, 0.1) is 5.41 Å². The number of aromatic nitrogens is 2. The van der Waals surface area contributed by atoms with Crippen LogP contribution in [0.25, 0.3) is 10.9 Å². The summed E-state index contributed by atoms with van der Waals surface area (Å²) in [5.74, 6) is 1.26. The van der Waals surface area contributed by atoms with E-state index in [2.05, 4.69) is 25.9 Å². The number of anilines is 2. The Balaban J connectivity index is 2.31. The van der Waals surface area contributed by atoms with Gasteiger partial charge in [0.1, 0.15) is 5.82 Å². The van der Waals surface area contributed by atoms with Gasteiger partial charge in [0.05, 0.1) is 10.9 Å². The normalized spacial score (nSPS) is 11.2. The predicted octanol–water partition coefficient (Wildman–Crippen LogP) is 1.86. The lowest BCUT2D eigenvalue weighted by Gasteiger charge is -2.23. The van der Waals surface area contributed by atoms with E-state index in [1.54, 1.807) is 14.1 Å². The van der Waals surface area contributed by atoms with Crippen molar-refractivity contribution >= 4 is 28.6 Å². The van der Waals surface area contributed by atoms with Crippen molar-refractivity contribution in [1.82, 2.24) is 15.3 Å². The summed E-state index contributed by atoms with van der Waals surface area (Å²) in [6, 6.07) is 7.78. The second kappa shape index (κ2) is 5.95. The molecule has 0 spiro atoms. The number of hydrogen-bond acceptors (Lipinski definition) is 5. The van der Waals surface area contributed by atoms with E-state index in [1.165, 1.54) is 0 Å². The Bertz CT molecular complexity index is 654. The molecule has 3 N–H and O–H groups in total. The monoisotopic (exact) mass is 287 g/mol. The maximum Gasteiger partial charge on any atom is 0.227 e. The van der Waals surface area contributed by atoms with Crippen molar-refractivity contribution < 1.29 is 4.79 Å². The molecule has 1 aromatic heterocycles. The quantitative estimate of drug-likeness (QED) is 0.782. The van der Waals surface area contributed by atoms with Crippen LogP contribution >= 0.6 is 0 Å². The highest BCUT2D eigenvalue weighted by Crippen LogP contribution is 2.23. The van der Waals surface area contributed by atoms with E-state index in [0.717, 1.165) is 16.7 Å². The maximum absolute atomic E-state index is 11.8. The minimum Gasteiger partial charge on any atom is -0.368 e. The largest absolute Gasteiger partial charge is 0.368 e. The molecule has 6 heteroatoms. The van der Waals surface area contributed by atoms with Crippen molar-refractivity contribution in [3.63, 3.8) is 0 Å². The summed E-state index contributed by atoms with van der Waals surface area (Å²) in [4.78, 5) is 20.7. The van der Waals surface area contributed by atoms with Crippen LogP contribution in [0.5, 0.6) is 0 Å². The SMILES string of the molecule is CNC(=O)C(C)(C)CNc1nc(NC)nc2ccccc12. The number of carbonyl (C=O) groups excluding carboxylic acids is 1. The van der Waals surface area contributed by atoms with Crippen molar-refractivity contribution in [3.8, 4) is 0 Å². The number of nitrogens with zero attached hydrogens (tertiary/aromatic N) is 2. The van der Waals surface area contributed by atoms with Crippen molar-refractivity contribution in [2.75, 3.05) is 31.3 Å². The average Bonchev–Trinajstić information content (AvgIpc) is 2.51. The van der Waals surface area contributed by atoms with Crippen LogP contribution in [0.15, 0.2) is 24.3 Å². The number of benzene rings is 1. The van der Waals surface area contributed by atoms with Gasteiger partial charge in [-0.05, 0) is 26.0 Å². The Morgan fingerprint density at radius 2 is 1.90 bits per heavy atom. The first-order valence-corrected chi connectivity index (χ1v) is 6.88. The Morgan fingerprint density at radius 3 is 2.57 bits per heavy atom. The minimum atomic E-state index is -0.527. The molecule has 0 aliphatic heterocycles. The first-order valence-electron chi connectivity index (χ1n) is 6.88. The van der Waals surface area contributed by atoms with Gasteiger partial charge in [-0.3, -0.25) is 4.79 Å². The van der Waals surface area contributed by atoms with Gasteiger partial charge in [0.15, 0.2) is 0 Å². The van der Waals surface area contributed by atoms with E-state index >= 15 is 0 Å². The van der Waals surface area contributed by atoms with Crippen LogP contribution in [0.1, 0.15) is 13.8 Å². The molecule has 0 saturated heterocycles. The zero-order valence-corrected chi connectivity index (χ0v) is 12.8. The van der Waals surface area contributed by atoms with Gasteiger partial charge >= 0.3 is 0 Å². The fourth-order valence-electron chi connectivity index (χ4n) is 2.05. The van der Waals surface area contributed by atoms with Crippen LogP contribution in [0.4, 0.5) is 11.8 Å². The number of rotatable bonds is 5. The molecule has 1 aromatic carbocycles. The molecule has 0 aliphatic carbocycles. The summed E-state index contributed by atoms with van der Waals surface area (Å²) in [5.41, 5.74) is 0.331. The molecular weight excluding hydrogens is 266 g/mol. The molecular formula is C15H21N5O. The van der Waals surface area contributed by atoms with Gasteiger partial charge in [-0.15, -0.1) is 0 Å². The zero-order chi connectivity index (χ0) is 15.5. The van der Waals surface area contributed by atoms with Crippen molar-refractivity contribution in [2.45, 2.75) is 13.8 Å². The lowest BCUT2D eigenvalue weighted by molar-refractivity contribution is -0.128. The summed E-state index contributed by atoms with van der Waals surface area (Å²) in [7, 11) is 3.42. The maximum atomic E-state index is 11.8. The molecule has 0 radical (unpaired) electrons. The summed E-state index contributed by atoms with van der Waals surface area (Å²) < 4.78 is 0. The number of amides is 1. The zero-order valence-electron chi connectivity index (χ0n) is 12.8. The third kappa shape index (κ3) is 3.21. The number of nitrogens with one attached hydrogen (secondary N) is 3.